The molecule has 0 radical (unpaired) electrons. The van der Waals surface area contributed by atoms with Crippen molar-refractivity contribution in [3.63, 3.8) is 0 Å². The van der Waals surface area contributed by atoms with Gasteiger partial charge in [-0.1, -0.05) is 0 Å². The number of carbonyl (C=O) groups is 1. The first-order valence-electron chi connectivity index (χ1n) is 7.16. The number of aliphatic hydroxyl groups is 2. The summed E-state index contributed by atoms with van der Waals surface area (Å²) >= 11 is 0. The van der Waals surface area contributed by atoms with E-state index >= 15 is 0 Å². The van der Waals surface area contributed by atoms with Crippen molar-refractivity contribution in [2.75, 3.05) is 46.4 Å². The number of hydrogen-bond acceptors (Lipinski definition) is 6. The molecule has 1 saturated heterocycles. The van der Waals surface area contributed by atoms with E-state index < -0.39 is 6.10 Å². The van der Waals surface area contributed by atoms with Crippen LogP contribution in [0.5, 0.6) is 0 Å². The van der Waals surface area contributed by atoms with Gasteiger partial charge in [0, 0.05) is 39.8 Å². The summed E-state index contributed by atoms with van der Waals surface area (Å²) in [4.78, 5) is 15.6. The molecule has 0 saturated carbocycles. The Morgan fingerprint density at radius 2 is 2.10 bits per heavy atom. The predicted molar refractivity (Wildman–Crippen MR) is 76.9 cm³/mol. The zero-order valence-electron chi connectivity index (χ0n) is 12.3. The average Bonchev–Trinajstić information content (AvgIpc) is 2.84. The Hall–Kier alpha value is -1.41. The molecule has 0 aliphatic carbocycles. The fourth-order valence-electron chi connectivity index (χ4n) is 2.54. The summed E-state index contributed by atoms with van der Waals surface area (Å²) < 4.78 is 5.50. The van der Waals surface area contributed by atoms with Gasteiger partial charge in [-0.05, 0) is 12.1 Å². The third kappa shape index (κ3) is 4.53. The van der Waals surface area contributed by atoms with E-state index in [0.29, 0.717) is 37.7 Å². The van der Waals surface area contributed by atoms with Crippen molar-refractivity contribution < 1.29 is 19.4 Å². The van der Waals surface area contributed by atoms with Gasteiger partial charge < -0.3 is 19.9 Å². The Morgan fingerprint density at radius 1 is 1.38 bits per heavy atom. The van der Waals surface area contributed by atoms with Crippen LogP contribution in [-0.2, 0) is 6.54 Å². The van der Waals surface area contributed by atoms with Crippen molar-refractivity contribution >= 4 is 5.91 Å². The minimum atomic E-state index is -0.451. The van der Waals surface area contributed by atoms with Crippen molar-refractivity contribution in [3.8, 4) is 0 Å². The predicted octanol–water partition coefficient (Wildman–Crippen LogP) is -0.890. The highest BCUT2D eigenvalue weighted by Crippen LogP contribution is 2.13. The van der Waals surface area contributed by atoms with Crippen molar-refractivity contribution in [2.45, 2.75) is 12.6 Å². The minimum Gasteiger partial charge on any atom is -0.455 e. The quantitative estimate of drug-likeness (QED) is 0.653. The van der Waals surface area contributed by atoms with Gasteiger partial charge in [0.2, 0.25) is 0 Å². The van der Waals surface area contributed by atoms with Gasteiger partial charge in [0.15, 0.2) is 5.76 Å². The third-order valence-electron chi connectivity index (χ3n) is 3.58. The minimum absolute atomic E-state index is 0.0976. The SMILES string of the molecule is CNC(=O)c1ccc(CN2CCN(CCO)CC(O)C2)o1. The maximum absolute atomic E-state index is 11.5. The summed E-state index contributed by atoms with van der Waals surface area (Å²) in [5.74, 6) is 0.757. The van der Waals surface area contributed by atoms with E-state index in [2.05, 4.69) is 10.2 Å². The lowest BCUT2D eigenvalue weighted by Crippen LogP contribution is -2.34. The number of furan rings is 1. The van der Waals surface area contributed by atoms with Crippen molar-refractivity contribution in [2.24, 2.45) is 0 Å². The van der Waals surface area contributed by atoms with Gasteiger partial charge >= 0.3 is 0 Å². The number of carbonyl (C=O) groups excluding carboxylic acids is 1. The highest BCUT2D eigenvalue weighted by atomic mass is 16.4. The summed E-state index contributed by atoms with van der Waals surface area (Å²) in [5, 5.41) is 21.5. The number of β-amino-alcohol motifs (C(OH)–C–C–N with tert-alkyl or cyclic N) is 2. The molecule has 7 nitrogen and oxygen atoms in total. The monoisotopic (exact) mass is 297 g/mol. The second-order valence-electron chi connectivity index (χ2n) is 5.26. The summed E-state index contributed by atoms with van der Waals surface area (Å²) in [6.45, 7) is 3.93. The molecule has 2 rings (SSSR count). The van der Waals surface area contributed by atoms with Crippen LogP contribution < -0.4 is 5.32 Å². The number of nitrogens with one attached hydrogen (secondary N) is 1. The first-order chi connectivity index (χ1) is 10.1. The fraction of sp³-hybridized carbons (Fsp3) is 0.643. The maximum Gasteiger partial charge on any atom is 0.286 e. The molecule has 118 valence electrons. The molecule has 3 N–H and O–H groups in total. The molecule has 0 bridgehead atoms. The molecule has 7 heteroatoms. The highest BCUT2D eigenvalue weighted by molar-refractivity contribution is 5.91. The van der Waals surface area contributed by atoms with E-state index in [-0.39, 0.29) is 12.5 Å². The molecule has 1 amide bonds. The number of amides is 1. The molecule has 1 aliphatic heterocycles. The Labute approximate surface area is 124 Å². The van der Waals surface area contributed by atoms with Gasteiger partial charge in [-0.3, -0.25) is 14.6 Å². The Balaban J connectivity index is 1.93. The van der Waals surface area contributed by atoms with Gasteiger partial charge in [-0.15, -0.1) is 0 Å². The third-order valence-corrected chi connectivity index (χ3v) is 3.58. The van der Waals surface area contributed by atoms with Crippen molar-refractivity contribution in [3.05, 3.63) is 23.7 Å². The molecule has 1 aromatic heterocycles. The molecule has 1 aromatic rings. The number of nitrogens with zero attached hydrogens (tertiary/aromatic N) is 2. The zero-order chi connectivity index (χ0) is 15.2. The van der Waals surface area contributed by atoms with Crippen LogP contribution in [0.3, 0.4) is 0 Å². The van der Waals surface area contributed by atoms with Gasteiger partial charge in [0.1, 0.15) is 5.76 Å². The molecule has 1 fully saturated rings. The first kappa shape index (κ1) is 16.0. The van der Waals surface area contributed by atoms with Crippen molar-refractivity contribution in [1.82, 2.24) is 15.1 Å². The molecular formula is C14H23N3O4. The van der Waals surface area contributed by atoms with Gasteiger partial charge in [0.25, 0.3) is 5.91 Å². The van der Waals surface area contributed by atoms with E-state index in [0.717, 1.165) is 13.1 Å². The number of aliphatic hydroxyl groups excluding tert-OH is 2. The van der Waals surface area contributed by atoms with Gasteiger partial charge in [0.05, 0.1) is 19.3 Å². The number of hydrogen-bond donors (Lipinski definition) is 3. The lowest BCUT2D eigenvalue weighted by atomic mass is 10.3. The van der Waals surface area contributed by atoms with Crippen LogP contribution in [0.4, 0.5) is 0 Å². The molecule has 21 heavy (non-hydrogen) atoms. The van der Waals surface area contributed by atoms with E-state index in [4.69, 9.17) is 9.52 Å². The fourth-order valence-corrected chi connectivity index (χ4v) is 2.54. The summed E-state index contributed by atoms with van der Waals surface area (Å²) in [6.07, 6.45) is -0.451. The van der Waals surface area contributed by atoms with Gasteiger partial charge in [-0.2, -0.15) is 0 Å². The van der Waals surface area contributed by atoms with Gasteiger partial charge in [-0.25, -0.2) is 0 Å². The van der Waals surface area contributed by atoms with E-state index in [9.17, 15) is 9.90 Å². The smallest absolute Gasteiger partial charge is 0.286 e. The second kappa shape index (κ2) is 7.56. The number of rotatable bonds is 5. The molecule has 1 unspecified atom stereocenters. The van der Waals surface area contributed by atoms with Crippen LogP contribution in [0.25, 0.3) is 0 Å². The molecule has 0 spiro atoms. The molecule has 1 aliphatic rings. The Morgan fingerprint density at radius 3 is 2.81 bits per heavy atom. The van der Waals surface area contributed by atoms with Crippen LogP contribution in [0.2, 0.25) is 0 Å². The normalized spacial score (nSPS) is 21.2. The Bertz CT molecular complexity index is 463. The largest absolute Gasteiger partial charge is 0.455 e. The zero-order valence-corrected chi connectivity index (χ0v) is 12.3. The van der Waals surface area contributed by atoms with E-state index in [1.54, 1.807) is 19.2 Å². The lowest BCUT2D eigenvalue weighted by molar-refractivity contribution is 0.0920. The molecule has 2 heterocycles. The standard InChI is InChI=1S/C14H23N3O4/c1-15-14(20)13-3-2-12(21-13)10-17-5-4-16(6-7-18)8-11(19)9-17/h2-3,11,18-19H,4-10H2,1H3,(H,15,20). The molecule has 0 aromatic carbocycles. The average molecular weight is 297 g/mol. The molecular weight excluding hydrogens is 274 g/mol. The van der Waals surface area contributed by atoms with Crippen LogP contribution in [0.1, 0.15) is 16.3 Å². The topological polar surface area (TPSA) is 89.2 Å². The van der Waals surface area contributed by atoms with E-state index in [1.165, 1.54) is 0 Å². The van der Waals surface area contributed by atoms with Crippen molar-refractivity contribution in [1.29, 1.82) is 0 Å². The van der Waals surface area contributed by atoms with Crippen LogP contribution in [0.15, 0.2) is 16.5 Å². The first-order valence-corrected chi connectivity index (χ1v) is 7.16. The Kier molecular flexibility index (Phi) is 5.75. The van der Waals surface area contributed by atoms with E-state index in [1.807, 2.05) is 4.90 Å². The van der Waals surface area contributed by atoms with Crippen LogP contribution in [-0.4, -0.2) is 78.4 Å². The summed E-state index contributed by atoms with van der Waals surface area (Å²) in [5.41, 5.74) is 0. The molecule has 1 atom stereocenters. The maximum atomic E-state index is 11.5. The lowest BCUT2D eigenvalue weighted by Gasteiger charge is -2.19. The van der Waals surface area contributed by atoms with Crippen LogP contribution in [0, 0.1) is 0 Å². The highest BCUT2D eigenvalue weighted by Gasteiger charge is 2.22. The summed E-state index contributed by atoms with van der Waals surface area (Å²) in [6, 6.07) is 3.44. The summed E-state index contributed by atoms with van der Waals surface area (Å²) in [7, 11) is 1.56. The van der Waals surface area contributed by atoms with Crippen LogP contribution >= 0.6 is 0 Å². The second-order valence-corrected chi connectivity index (χ2v) is 5.26.